The maximum Gasteiger partial charge on any atom is 0.246 e. The van der Waals surface area contributed by atoms with Crippen LogP contribution in [0.25, 0.3) is 0 Å². The highest BCUT2D eigenvalue weighted by Gasteiger charge is 2.03. The van der Waals surface area contributed by atoms with E-state index in [-0.39, 0.29) is 18.4 Å². The monoisotopic (exact) mass is 314 g/mol. The third kappa shape index (κ3) is 5.43. The van der Waals surface area contributed by atoms with Gasteiger partial charge in [-0.1, -0.05) is 12.1 Å². The maximum atomic E-state index is 13.0. The molecule has 0 saturated heterocycles. The molecule has 2 aromatic carbocycles. The Hall–Kier alpha value is -2.89. The number of anilines is 2. The van der Waals surface area contributed by atoms with Crippen molar-refractivity contribution in [1.82, 2.24) is 0 Å². The van der Waals surface area contributed by atoms with Crippen LogP contribution in [0.15, 0.2) is 47.5 Å². The van der Waals surface area contributed by atoms with Crippen LogP contribution in [0.5, 0.6) is 0 Å². The summed E-state index contributed by atoms with van der Waals surface area (Å²) in [4.78, 5) is 15.7. The maximum absolute atomic E-state index is 13.0. The van der Waals surface area contributed by atoms with E-state index in [0.29, 0.717) is 5.69 Å². The van der Waals surface area contributed by atoms with E-state index in [1.54, 1.807) is 6.07 Å². The standard InChI is InChI=1S/C17H19FN4O/c1-11-6-12(2)8-15(7-11)22-17(19)20-10-16(23)21-14-5-3-4-13(18)9-14/h3-9H,10H2,1-2H3,(H,21,23)(H3,19,20,22). The van der Waals surface area contributed by atoms with Gasteiger partial charge in [-0.05, 0) is 55.3 Å². The van der Waals surface area contributed by atoms with Crippen LogP contribution in [0.4, 0.5) is 15.8 Å². The van der Waals surface area contributed by atoms with Crippen LogP contribution in [0.3, 0.4) is 0 Å². The topological polar surface area (TPSA) is 79.5 Å². The Morgan fingerprint density at radius 1 is 1.09 bits per heavy atom. The molecule has 4 N–H and O–H groups in total. The first-order valence-electron chi connectivity index (χ1n) is 7.13. The zero-order valence-corrected chi connectivity index (χ0v) is 13.1. The number of carbonyl (C=O) groups excluding carboxylic acids is 1. The predicted octanol–water partition coefficient (Wildman–Crippen LogP) is 2.81. The lowest BCUT2D eigenvalue weighted by Gasteiger charge is -2.08. The molecule has 0 radical (unpaired) electrons. The van der Waals surface area contributed by atoms with Crippen LogP contribution in [0.2, 0.25) is 0 Å². The van der Waals surface area contributed by atoms with Crippen LogP contribution in [0, 0.1) is 19.7 Å². The third-order valence-corrected chi connectivity index (χ3v) is 3.00. The predicted molar refractivity (Wildman–Crippen MR) is 91.1 cm³/mol. The van der Waals surface area contributed by atoms with Gasteiger partial charge in [-0.15, -0.1) is 0 Å². The fourth-order valence-electron chi connectivity index (χ4n) is 2.16. The minimum Gasteiger partial charge on any atom is -0.370 e. The van der Waals surface area contributed by atoms with Crippen molar-refractivity contribution in [2.45, 2.75) is 13.8 Å². The molecule has 0 saturated carbocycles. The molecule has 23 heavy (non-hydrogen) atoms. The summed E-state index contributed by atoms with van der Waals surface area (Å²) in [7, 11) is 0. The van der Waals surface area contributed by atoms with Gasteiger partial charge in [0.2, 0.25) is 5.91 Å². The SMILES string of the molecule is Cc1cc(C)cc(NC(N)=NCC(=O)Nc2cccc(F)c2)c1. The number of halogens is 1. The molecule has 0 aliphatic heterocycles. The average molecular weight is 314 g/mol. The van der Waals surface area contributed by atoms with Crippen molar-refractivity contribution in [1.29, 1.82) is 0 Å². The molecule has 1 amide bonds. The number of carbonyl (C=O) groups is 1. The zero-order chi connectivity index (χ0) is 16.8. The van der Waals surface area contributed by atoms with Gasteiger partial charge in [-0.25, -0.2) is 9.38 Å². The van der Waals surface area contributed by atoms with Gasteiger partial charge in [0.25, 0.3) is 0 Å². The molecule has 0 unspecified atom stereocenters. The Bertz CT molecular complexity index is 723. The smallest absolute Gasteiger partial charge is 0.246 e. The number of hydrogen-bond donors (Lipinski definition) is 3. The number of amides is 1. The summed E-state index contributed by atoms with van der Waals surface area (Å²) < 4.78 is 13.0. The first kappa shape index (κ1) is 16.5. The van der Waals surface area contributed by atoms with Crippen molar-refractivity contribution in [2.24, 2.45) is 10.7 Å². The van der Waals surface area contributed by atoms with Crippen LogP contribution in [-0.2, 0) is 4.79 Å². The van der Waals surface area contributed by atoms with Crippen molar-refractivity contribution in [3.8, 4) is 0 Å². The van der Waals surface area contributed by atoms with Crippen molar-refractivity contribution in [3.63, 3.8) is 0 Å². The fourth-order valence-corrected chi connectivity index (χ4v) is 2.16. The lowest BCUT2D eigenvalue weighted by Crippen LogP contribution is -2.25. The van der Waals surface area contributed by atoms with E-state index in [2.05, 4.69) is 15.6 Å². The highest BCUT2D eigenvalue weighted by Crippen LogP contribution is 2.13. The second-order valence-corrected chi connectivity index (χ2v) is 5.26. The van der Waals surface area contributed by atoms with Crippen LogP contribution in [0.1, 0.15) is 11.1 Å². The van der Waals surface area contributed by atoms with Gasteiger partial charge in [-0.3, -0.25) is 4.79 Å². The van der Waals surface area contributed by atoms with Gasteiger partial charge in [0.05, 0.1) is 0 Å². The molecule has 2 aromatic rings. The number of nitrogens with one attached hydrogen (secondary N) is 2. The number of nitrogens with two attached hydrogens (primary N) is 1. The van der Waals surface area contributed by atoms with E-state index in [9.17, 15) is 9.18 Å². The molecule has 0 fully saturated rings. The number of rotatable bonds is 4. The lowest BCUT2D eigenvalue weighted by atomic mass is 10.1. The highest BCUT2D eigenvalue weighted by molar-refractivity contribution is 5.97. The lowest BCUT2D eigenvalue weighted by molar-refractivity contribution is -0.114. The highest BCUT2D eigenvalue weighted by atomic mass is 19.1. The van der Waals surface area contributed by atoms with E-state index >= 15 is 0 Å². The van der Waals surface area contributed by atoms with Crippen molar-refractivity contribution in [2.75, 3.05) is 17.2 Å². The second-order valence-electron chi connectivity index (χ2n) is 5.26. The molecule has 0 aliphatic carbocycles. The summed E-state index contributed by atoms with van der Waals surface area (Å²) >= 11 is 0. The molecular formula is C17H19FN4O. The molecule has 0 atom stereocenters. The van der Waals surface area contributed by atoms with Crippen LogP contribution in [-0.4, -0.2) is 18.4 Å². The minimum atomic E-state index is -0.415. The Morgan fingerprint density at radius 3 is 2.43 bits per heavy atom. The van der Waals surface area contributed by atoms with Crippen molar-refractivity contribution < 1.29 is 9.18 Å². The summed E-state index contributed by atoms with van der Waals surface area (Å²) in [6.45, 7) is 3.82. The molecule has 0 heterocycles. The van der Waals surface area contributed by atoms with Crippen LogP contribution < -0.4 is 16.4 Å². The van der Waals surface area contributed by atoms with Gasteiger partial charge in [0.15, 0.2) is 5.96 Å². The Balaban J connectivity index is 1.92. The summed E-state index contributed by atoms with van der Waals surface area (Å²) in [5, 5.41) is 5.49. The normalized spacial score (nSPS) is 11.2. The van der Waals surface area contributed by atoms with E-state index in [4.69, 9.17) is 5.73 Å². The third-order valence-electron chi connectivity index (χ3n) is 3.00. The fraction of sp³-hybridized carbons (Fsp3) is 0.176. The van der Waals surface area contributed by atoms with Gasteiger partial charge < -0.3 is 16.4 Å². The molecule has 0 aliphatic rings. The Morgan fingerprint density at radius 2 is 1.78 bits per heavy atom. The number of guanidine groups is 1. The van der Waals surface area contributed by atoms with Crippen molar-refractivity contribution >= 4 is 23.2 Å². The van der Waals surface area contributed by atoms with Gasteiger partial charge in [0, 0.05) is 11.4 Å². The summed E-state index contributed by atoms with van der Waals surface area (Å²) in [6.07, 6.45) is 0. The van der Waals surface area contributed by atoms with E-state index in [1.807, 2.05) is 32.0 Å². The minimum absolute atomic E-state index is 0.143. The molecule has 120 valence electrons. The summed E-state index contributed by atoms with van der Waals surface area (Å²) in [6, 6.07) is 11.6. The summed E-state index contributed by atoms with van der Waals surface area (Å²) in [5.74, 6) is -0.646. The van der Waals surface area contributed by atoms with Crippen molar-refractivity contribution in [3.05, 3.63) is 59.4 Å². The largest absolute Gasteiger partial charge is 0.370 e. The number of aliphatic imine (C=N–C) groups is 1. The Kier molecular flexibility index (Phi) is 5.30. The van der Waals surface area contributed by atoms with Gasteiger partial charge in [-0.2, -0.15) is 0 Å². The Labute approximate surface area is 134 Å². The van der Waals surface area contributed by atoms with E-state index < -0.39 is 5.82 Å². The number of aryl methyl sites for hydroxylation is 2. The average Bonchev–Trinajstić information content (AvgIpc) is 2.44. The van der Waals surface area contributed by atoms with E-state index in [0.717, 1.165) is 16.8 Å². The summed E-state index contributed by atoms with van der Waals surface area (Å²) in [5.41, 5.74) is 9.17. The zero-order valence-electron chi connectivity index (χ0n) is 13.1. The molecule has 0 bridgehead atoms. The molecule has 0 spiro atoms. The van der Waals surface area contributed by atoms with E-state index in [1.165, 1.54) is 18.2 Å². The number of hydrogen-bond acceptors (Lipinski definition) is 2. The number of benzene rings is 2. The molecule has 0 aromatic heterocycles. The second kappa shape index (κ2) is 7.40. The quantitative estimate of drug-likeness (QED) is 0.600. The first-order valence-corrected chi connectivity index (χ1v) is 7.13. The molecular weight excluding hydrogens is 295 g/mol. The van der Waals surface area contributed by atoms with Gasteiger partial charge in [0.1, 0.15) is 12.4 Å². The molecule has 5 nitrogen and oxygen atoms in total. The molecule has 2 rings (SSSR count). The van der Waals surface area contributed by atoms with Gasteiger partial charge >= 0.3 is 0 Å². The van der Waals surface area contributed by atoms with Crippen LogP contribution >= 0.6 is 0 Å². The molecule has 6 heteroatoms. The number of nitrogens with zero attached hydrogens (tertiary/aromatic N) is 1. The first-order chi connectivity index (χ1) is 10.9.